The molecule has 0 saturated carbocycles. The van der Waals surface area contributed by atoms with Gasteiger partial charge >= 0.3 is 0 Å². The molecule has 0 bridgehead atoms. The van der Waals surface area contributed by atoms with Gasteiger partial charge in [-0.25, -0.2) is 4.98 Å². The standard InChI is InChI=1S/C13H23N5O/c1-13(2,3)17-7-9-5-4-6-18(9)11-10(14)12(19)16-8-15-11/h8-9,17H,4-7,14H2,1-3H3,(H,15,16,19). The van der Waals surface area contributed by atoms with Gasteiger partial charge in [0.2, 0.25) is 0 Å². The minimum atomic E-state index is -0.264. The Labute approximate surface area is 113 Å². The lowest BCUT2D eigenvalue weighted by Gasteiger charge is -2.30. The summed E-state index contributed by atoms with van der Waals surface area (Å²) in [6, 6.07) is 0.343. The average Bonchev–Trinajstić information content (AvgIpc) is 2.77. The molecule has 0 radical (unpaired) electrons. The quantitative estimate of drug-likeness (QED) is 0.749. The van der Waals surface area contributed by atoms with Crippen LogP contribution in [0, 0.1) is 0 Å². The molecule has 4 N–H and O–H groups in total. The third-order valence-electron chi connectivity index (χ3n) is 3.39. The van der Waals surface area contributed by atoms with Crippen molar-refractivity contribution < 1.29 is 0 Å². The Balaban J connectivity index is 2.14. The van der Waals surface area contributed by atoms with Crippen LogP contribution in [-0.2, 0) is 0 Å². The summed E-state index contributed by atoms with van der Waals surface area (Å²) in [7, 11) is 0. The number of nitrogen functional groups attached to an aromatic ring is 1. The summed E-state index contributed by atoms with van der Waals surface area (Å²) < 4.78 is 0. The van der Waals surface area contributed by atoms with Gasteiger partial charge in [-0.15, -0.1) is 0 Å². The van der Waals surface area contributed by atoms with Crippen molar-refractivity contribution in [1.29, 1.82) is 0 Å². The molecule has 6 nitrogen and oxygen atoms in total. The monoisotopic (exact) mass is 265 g/mol. The maximum absolute atomic E-state index is 11.6. The van der Waals surface area contributed by atoms with E-state index >= 15 is 0 Å². The van der Waals surface area contributed by atoms with Crippen LogP contribution in [0.4, 0.5) is 11.5 Å². The number of H-pyrrole nitrogens is 1. The number of nitrogens with zero attached hydrogens (tertiary/aromatic N) is 2. The normalized spacial score (nSPS) is 19.9. The SMILES string of the molecule is CC(C)(C)NCC1CCCN1c1nc[nH]c(=O)c1N. The van der Waals surface area contributed by atoms with E-state index in [1.54, 1.807) is 0 Å². The molecule has 2 heterocycles. The molecule has 106 valence electrons. The Morgan fingerprint density at radius 1 is 1.58 bits per heavy atom. The van der Waals surface area contributed by atoms with Crippen LogP contribution < -0.4 is 21.5 Å². The minimum Gasteiger partial charge on any atom is -0.391 e. The van der Waals surface area contributed by atoms with E-state index in [2.05, 4.69) is 41.0 Å². The lowest BCUT2D eigenvalue weighted by molar-refractivity contribution is 0.404. The van der Waals surface area contributed by atoms with Crippen molar-refractivity contribution in [2.75, 3.05) is 23.7 Å². The van der Waals surface area contributed by atoms with Gasteiger partial charge < -0.3 is 20.9 Å². The van der Waals surface area contributed by atoms with Crippen LogP contribution in [0.5, 0.6) is 0 Å². The minimum absolute atomic E-state index is 0.0847. The molecule has 1 aliphatic rings. The predicted octanol–water partition coefficient (Wildman–Crippen LogP) is 0.709. The molecule has 1 aliphatic heterocycles. The van der Waals surface area contributed by atoms with Crippen molar-refractivity contribution in [2.24, 2.45) is 0 Å². The summed E-state index contributed by atoms with van der Waals surface area (Å²) in [5.74, 6) is 0.613. The Kier molecular flexibility index (Phi) is 3.80. The molecule has 0 spiro atoms. The second-order valence-electron chi connectivity index (χ2n) is 6.09. The fraction of sp³-hybridized carbons (Fsp3) is 0.692. The van der Waals surface area contributed by atoms with Crippen molar-refractivity contribution in [3.63, 3.8) is 0 Å². The zero-order chi connectivity index (χ0) is 14.0. The number of nitrogens with two attached hydrogens (primary N) is 1. The van der Waals surface area contributed by atoms with Gasteiger partial charge in [0.25, 0.3) is 5.56 Å². The van der Waals surface area contributed by atoms with E-state index in [9.17, 15) is 4.79 Å². The van der Waals surface area contributed by atoms with Gasteiger partial charge in [0.15, 0.2) is 5.82 Å². The lowest BCUT2D eigenvalue weighted by Crippen LogP contribution is -2.45. The Morgan fingerprint density at radius 2 is 2.32 bits per heavy atom. The number of rotatable bonds is 3. The number of hydrogen-bond acceptors (Lipinski definition) is 5. The molecule has 6 heteroatoms. The molecule has 1 saturated heterocycles. The Bertz CT molecular complexity index is 491. The fourth-order valence-corrected chi connectivity index (χ4v) is 2.38. The van der Waals surface area contributed by atoms with Crippen molar-refractivity contribution >= 4 is 11.5 Å². The zero-order valence-corrected chi connectivity index (χ0v) is 11.9. The van der Waals surface area contributed by atoms with Crippen LogP contribution in [0.2, 0.25) is 0 Å². The van der Waals surface area contributed by atoms with Crippen LogP contribution >= 0.6 is 0 Å². The van der Waals surface area contributed by atoms with Gasteiger partial charge in [-0.1, -0.05) is 0 Å². The molecule has 1 aromatic rings. The van der Waals surface area contributed by atoms with Gasteiger partial charge in [-0.2, -0.15) is 0 Å². The highest BCUT2D eigenvalue weighted by Gasteiger charge is 2.28. The molecular formula is C13H23N5O. The second kappa shape index (κ2) is 5.21. The summed E-state index contributed by atoms with van der Waals surface area (Å²) in [5, 5.41) is 3.50. The average molecular weight is 265 g/mol. The van der Waals surface area contributed by atoms with E-state index in [0.717, 1.165) is 25.9 Å². The molecule has 0 aromatic carbocycles. The number of aromatic amines is 1. The van der Waals surface area contributed by atoms with Crippen molar-refractivity contribution in [2.45, 2.75) is 45.2 Å². The first-order valence-electron chi connectivity index (χ1n) is 6.73. The Hall–Kier alpha value is -1.56. The molecule has 19 heavy (non-hydrogen) atoms. The lowest BCUT2D eigenvalue weighted by atomic mass is 10.1. The molecule has 1 fully saturated rings. The highest BCUT2D eigenvalue weighted by molar-refractivity contribution is 5.61. The largest absolute Gasteiger partial charge is 0.391 e. The summed E-state index contributed by atoms with van der Waals surface area (Å²) in [4.78, 5) is 20.4. The van der Waals surface area contributed by atoms with Gasteiger partial charge in [0.1, 0.15) is 5.69 Å². The van der Waals surface area contributed by atoms with Crippen LogP contribution in [0.3, 0.4) is 0 Å². The van der Waals surface area contributed by atoms with E-state index in [-0.39, 0.29) is 16.8 Å². The third kappa shape index (κ3) is 3.26. The molecule has 2 rings (SSSR count). The predicted molar refractivity (Wildman–Crippen MR) is 77.4 cm³/mol. The zero-order valence-electron chi connectivity index (χ0n) is 11.9. The van der Waals surface area contributed by atoms with Crippen molar-refractivity contribution in [3.8, 4) is 0 Å². The van der Waals surface area contributed by atoms with Crippen LogP contribution in [0.15, 0.2) is 11.1 Å². The summed E-state index contributed by atoms with van der Waals surface area (Å²) in [5.41, 5.74) is 5.87. The smallest absolute Gasteiger partial charge is 0.276 e. The summed E-state index contributed by atoms with van der Waals surface area (Å²) in [6.45, 7) is 8.21. The Morgan fingerprint density at radius 3 is 3.00 bits per heavy atom. The van der Waals surface area contributed by atoms with Crippen molar-refractivity contribution in [3.05, 3.63) is 16.7 Å². The molecule has 0 amide bonds. The fourth-order valence-electron chi connectivity index (χ4n) is 2.38. The maximum Gasteiger partial charge on any atom is 0.276 e. The van der Waals surface area contributed by atoms with Gasteiger partial charge in [0, 0.05) is 24.7 Å². The van der Waals surface area contributed by atoms with Crippen LogP contribution in [0.1, 0.15) is 33.6 Å². The molecule has 0 aliphatic carbocycles. The van der Waals surface area contributed by atoms with E-state index < -0.39 is 0 Å². The van der Waals surface area contributed by atoms with Crippen LogP contribution in [-0.4, -0.2) is 34.6 Å². The molecular weight excluding hydrogens is 242 g/mol. The first-order valence-corrected chi connectivity index (χ1v) is 6.73. The molecule has 1 atom stereocenters. The van der Waals surface area contributed by atoms with Gasteiger partial charge in [0.05, 0.1) is 6.33 Å². The van der Waals surface area contributed by atoms with Crippen molar-refractivity contribution in [1.82, 2.24) is 15.3 Å². The number of nitrogens with one attached hydrogen (secondary N) is 2. The van der Waals surface area contributed by atoms with E-state index in [0.29, 0.717) is 11.9 Å². The highest BCUT2D eigenvalue weighted by atomic mass is 16.1. The van der Waals surface area contributed by atoms with E-state index in [1.807, 2.05) is 0 Å². The summed E-state index contributed by atoms with van der Waals surface area (Å²) >= 11 is 0. The van der Waals surface area contributed by atoms with Gasteiger partial charge in [-0.3, -0.25) is 4.79 Å². The number of hydrogen-bond donors (Lipinski definition) is 3. The van der Waals surface area contributed by atoms with E-state index in [1.165, 1.54) is 6.33 Å². The first kappa shape index (κ1) is 13.9. The molecule has 1 aromatic heterocycles. The summed E-state index contributed by atoms with van der Waals surface area (Å²) in [6.07, 6.45) is 3.61. The highest BCUT2D eigenvalue weighted by Crippen LogP contribution is 2.26. The molecule has 1 unspecified atom stereocenters. The first-order chi connectivity index (χ1) is 8.88. The van der Waals surface area contributed by atoms with Gasteiger partial charge in [-0.05, 0) is 33.6 Å². The second-order valence-corrected chi connectivity index (χ2v) is 6.09. The third-order valence-corrected chi connectivity index (χ3v) is 3.39. The topological polar surface area (TPSA) is 87.0 Å². The van der Waals surface area contributed by atoms with E-state index in [4.69, 9.17) is 5.73 Å². The maximum atomic E-state index is 11.6. The van der Waals surface area contributed by atoms with Crippen LogP contribution in [0.25, 0.3) is 0 Å². The number of anilines is 2. The number of aromatic nitrogens is 2.